The van der Waals surface area contributed by atoms with Crippen LogP contribution in [0.5, 0.6) is 11.5 Å². The third-order valence-electron chi connectivity index (χ3n) is 3.17. The van der Waals surface area contributed by atoms with Gasteiger partial charge in [-0.15, -0.1) is 0 Å². The number of ether oxygens (including phenoxy) is 2. The van der Waals surface area contributed by atoms with Gasteiger partial charge in [-0.1, -0.05) is 23.7 Å². The Hall–Kier alpha value is -1.98. The molecule has 0 aliphatic heterocycles. The van der Waals surface area contributed by atoms with Crippen LogP contribution < -0.4 is 9.47 Å². The molecule has 0 aliphatic rings. The monoisotopic (exact) mass is 396 g/mol. The van der Waals surface area contributed by atoms with Gasteiger partial charge in [0, 0.05) is 10.6 Å². The summed E-state index contributed by atoms with van der Waals surface area (Å²) in [5.41, 5.74) is 1.25. The first kappa shape index (κ1) is 17.4. The molecule has 120 valence electrons. The number of methoxy groups -OCH3 is 2. The van der Waals surface area contributed by atoms with Crippen LogP contribution in [-0.2, 0) is 4.79 Å². The largest absolute Gasteiger partial charge is 0.497 e. The van der Waals surface area contributed by atoms with Gasteiger partial charge in [0.1, 0.15) is 11.5 Å². The van der Waals surface area contributed by atoms with E-state index in [9.17, 15) is 9.90 Å². The molecule has 4 nitrogen and oxygen atoms in total. The standard InChI is InChI=1S/C17H14BrClO4/c1-22-13-5-3-10(4-6-13)14(17(20)21)8-11-7-12(19)9-15(18)16(11)23-2/h3-9H,1-2H3,(H,20,21)/b14-8-. The Labute approximate surface area is 147 Å². The average Bonchev–Trinajstić information content (AvgIpc) is 2.52. The van der Waals surface area contributed by atoms with E-state index in [4.69, 9.17) is 21.1 Å². The van der Waals surface area contributed by atoms with Crippen molar-refractivity contribution in [3.05, 3.63) is 57.0 Å². The van der Waals surface area contributed by atoms with Gasteiger partial charge in [-0.05, 0) is 51.8 Å². The van der Waals surface area contributed by atoms with Gasteiger partial charge in [-0.2, -0.15) is 0 Å². The highest BCUT2D eigenvalue weighted by molar-refractivity contribution is 9.10. The number of carbonyl (C=O) groups is 1. The maximum Gasteiger partial charge on any atom is 0.336 e. The summed E-state index contributed by atoms with van der Waals surface area (Å²) in [7, 11) is 3.07. The maximum atomic E-state index is 11.6. The topological polar surface area (TPSA) is 55.8 Å². The zero-order chi connectivity index (χ0) is 17.0. The molecule has 23 heavy (non-hydrogen) atoms. The summed E-state index contributed by atoms with van der Waals surface area (Å²) in [5, 5.41) is 10.0. The van der Waals surface area contributed by atoms with E-state index >= 15 is 0 Å². The fraction of sp³-hybridized carbons (Fsp3) is 0.118. The molecule has 2 aromatic carbocycles. The van der Waals surface area contributed by atoms with Crippen LogP contribution >= 0.6 is 27.5 Å². The summed E-state index contributed by atoms with van der Waals surface area (Å²) in [6, 6.07) is 10.1. The second kappa shape index (κ2) is 7.53. The van der Waals surface area contributed by atoms with Gasteiger partial charge in [0.15, 0.2) is 0 Å². The molecule has 1 N–H and O–H groups in total. The van der Waals surface area contributed by atoms with Crippen molar-refractivity contribution in [3.8, 4) is 11.5 Å². The Balaban J connectivity index is 2.57. The number of hydrogen-bond donors (Lipinski definition) is 1. The van der Waals surface area contributed by atoms with E-state index in [1.807, 2.05) is 0 Å². The fourth-order valence-electron chi connectivity index (χ4n) is 2.10. The maximum absolute atomic E-state index is 11.6. The van der Waals surface area contributed by atoms with Gasteiger partial charge >= 0.3 is 5.97 Å². The lowest BCUT2D eigenvalue weighted by molar-refractivity contribution is -0.130. The van der Waals surface area contributed by atoms with Crippen molar-refractivity contribution in [2.75, 3.05) is 14.2 Å². The highest BCUT2D eigenvalue weighted by atomic mass is 79.9. The highest BCUT2D eigenvalue weighted by Crippen LogP contribution is 2.35. The second-order valence-corrected chi connectivity index (χ2v) is 5.89. The van der Waals surface area contributed by atoms with Gasteiger partial charge in [0.05, 0.1) is 24.3 Å². The first-order chi connectivity index (χ1) is 11.0. The van der Waals surface area contributed by atoms with Crippen molar-refractivity contribution < 1.29 is 19.4 Å². The van der Waals surface area contributed by atoms with Crippen molar-refractivity contribution in [2.24, 2.45) is 0 Å². The van der Waals surface area contributed by atoms with Crippen LogP contribution in [0.15, 0.2) is 40.9 Å². The van der Waals surface area contributed by atoms with E-state index in [2.05, 4.69) is 15.9 Å². The zero-order valence-electron chi connectivity index (χ0n) is 12.5. The minimum atomic E-state index is -1.05. The molecule has 0 amide bonds. The van der Waals surface area contributed by atoms with E-state index in [1.165, 1.54) is 13.2 Å². The van der Waals surface area contributed by atoms with E-state index in [1.54, 1.807) is 43.5 Å². The molecular formula is C17H14BrClO4. The molecule has 0 aliphatic carbocycles. The Kier molecular flexibility index (Phi) is 5.69. The molecule has 0 radical (unpaired) electrons. The molecule has 0 fully saturated rings. The van der Waals surface area contributed by atoms with Crippen LogP contribution in [0.25, 0.3) is 11.6 Å². The molecule has 0 atom stereocenters. The Bertz CT molecular complexity index is 754. The number of carboxylic acids is 1. The summed E-state index contributed by atoms with van der Waals surface area (Å²) in [5.74, 6) is 0.122. The van der Waals surface area contributed by atoms with Crippen molar-refractivity contribution in [3.63, 3.8) is 0 Å². The van der Waals surface area contributed by atoms with Crippen molar-refractivity contribution >= 4 is 45.1 Å². The molecular weight excluding hydrogens is 384 g/mol. The smallest absolute Gasteiger partial charge is 0.336 e. The SMILES string of the molecule is COc1ccc(/C(=C/c2cc(Cl)cc(Br)c2OC)C(=O)O)cc1. The number of hydrogen-bond acceptors (Lipinski definition) is 3. The van der Waals surface area contributed by atoms with Crippen LogP contribution in [0.4, 0.5) is 0 Å². The lowest BCUT2D eigenvalue weighted by Crippen LogP contribution is -2.00. The quantitative estimate of drug-likeness (QED) is 0.584. The van der Waals surface area contributed by atoms with Gasteiger partial charge < -0.3 is 14.6 Å². The predicted molar refractivity (Wildman–Crippen MR) is 94.2 cm³/mol. The number of carboxylic acid groups (broad SMARTS) is 1. The van der Waals surface area contributed by atoms with Crippen LogP contribution in [0, 0.1) is 0 Å². The van der Waals surface area contributed by atoms with Crippen molar-refractivity contribution in [1.29, 1.82) is 0 Å². The molecule has 0 bridgehead atoms. The molecule has 0 heterocycles. The first-order valence-electron chi connectivity index (χ1n) is 6.58. The highest BCUT2D eigenvalue weighted by Gasteiger charge is 2.14. The van der Waals surface area contributed by atoms with E-state index in [-0.39, 0.29) is 5.57 Å². The molecule has 2 rings (SSSR count). The average molecular weight is 398 g/mol. The van der Waals surface area contributed by atoms with Gasteiger partial charge in [-0.3, -0.25) is 0 Å². The number of halogens is 2. The predicted octanol–water partition coefficient (Wildman–Crippen LogP) is 4.74. The Morgan fingerprint density at radius 3 is 2.35 bits per heavy atom. The summed E-state index contributed by atoms with van der Waals surface area (Å²) in [6.45, 7) is 0. The molecule has 6 heteroatoms. The number of rotatable bonds is 5. The Morgan fingerprint density at radius 2 is 1.83 bits per heavy atom. The summed E-state index contributed by atoms with van der Waals surface area (Å²) < 4.78 is 11.1. The van der Waals surface area contributed by atoms with E-state index in [0.717, 1.165) is 0 Å². The van der Waals surface area contributed by atoms with Crippen LogP contribution in [0.2, 0.25) is 5.02 Å². The summed E-state index contributed by atoms with van der Waals surface area (Å²) in [6.07, 6.45) is 1.53. The van der Waals surface area contributed by atoms with Gasteiger partial charge in [0.25, 0.3) is 0 Å². The minimum Gasteiger partial charge on any atom is -0.497 e. The van der Waals surface area contributed by atoms with Gasteiger partial charge in [-0.25, -0.2) is 4.79 Å². The van der Waals surface area contributed by atoms with E-state index < -0.39 is 5.97 Å². The molecule has 0 spiro atoms. The summed E-state index contributed by atoms with van der Waals surface area (Å²) in [4.78, 5) is 11.6. The normalized spacial score (nSPS) is 11.2. The molecule has 0 saturated heterocycles. The van der Waals surface area contributed by atoms with Crippen molar-refractivity contribution in [2.45, 2.75) is 0 Å². The molecule has 0 aromatic heterocycles. The number of benzene rings is 2. The third kappa shape index (κ3) is 4.06. The second-order valence-electron chi connectivity index (χ2n) is 4.60. The summed E-state index contributed by atoms with van der Waals surface area (Å²) >= 11 is 9.41. The molecule has 0 unspecified atom stereocenters. The molecule has 2 aromatic rings. The number of aliphatic carboxylic acids is 1. The third-order valence-corrected chi connectivity index (χ3v) is 3.98. The minimum absolute atomic E-state index is 0.125. The van der Waals surface area contributed by atoms with Crippen LogP contribution in [0.3, 0.4) is 0 Å². The van der Waals surface area contributed by atoms with Crippen molar-refractivity contribution in [1.82, 2.24) is 0 Å². The zero-order valence-corrected chi connectivity index (χ0v) is 14.8. The lowest BCUT2D eigenvalue weighted by atomic mass is 10.0. The van der Waals surface area contributed by atoms with Crippen LogP contribution in [-0.4, -0.2) is 25.3 Å². The Morgan fingerprint density at radius 1 is 1.17 bits per heavy atom. The van der Waals surface area contributed by atoms with Gasteiger partial charge in [0.2, 0.25) is 0 Å². The fourth-order valence-corrected chi connectivity index (χ4v) is 3.09. The molecule has 0 saturated carbocycles. The van der Waals surface area contributed by atoms with E-state index in [0.29, 0.717) is 32.1 Å². The lowest BCUT2D eigenvalue weighted by Gasteiger charge is -2.10. The van der Waals surface area contributed by atoms with Crippen LogP contribution in [0.1, 0.15) is 11.1 Å². The first-order valence-corrected chi connectivity index (χ1v) is 7.75.